The van der Waals surface area contributed by atoms with Crippen LogP contribution in [-0.2, 0) is 33.3 Å². The topological polar surface area (TPSA) is 91.4 Å². The van der Waals surface area contributed by atoms with E-state index in [0.29, 0.717) is 32.5 Å². The number of esters is 2. The maximum Gasteiger partial charge on any atom is 0.335 e. The number of rotatable bonds is 7. The van der Waals surface area contributed by atoms with Crippen LogP contribution in [0.25, 0.3) is 0 Å². The first kappa shape index (κ1) is 20.6. The molecule has 0 spiro atoms. The first-order valence-electron chi connectivity index (χ1n) is 9.22. The fourth-order valence-corrected chi connectivity index (χ4v) is 3.18. The van der Waals surface area contributed by atoms with Crippen LogP contribution in [0.3, 0.4) is 0 Å². The highest BCUT2D eigenvalue weighted by molar-refractivity contribution is 5.84. The number of carbonyl (C=O) groups is 3. The van der Waals surface area contributed by atoms with Crippen LogP contribution >= 0.6 is 0 Å². The van der Waals surface area contributed by atoms with Gasteiger partial charge in [-0.05, 0) is 39.5 Å². The molecule has 0 aliphatic carbocycles. The van der Waals surface area contributed by atoms with E-state index in [1.807, 2.05) is 0 Å². The van der Waals surface area contributed by atoms with Gasteiger partial charge in [-0.3, -0.25) is 9.59 Å². The molecule has 2 fully saturated rings. The van der Waals surface area contributed by atoms with E-state index in [9.17, 15) is 14.4 Å². The highest BCUT2D eigenvalue weighted by atomic mass is 16.6. The summed E-state index contributed by atoms with van der Waals surface area (Å²) in [5.41, 5.74) is 0. The maximum absolute atomic E-state index is 12.4. The molecule has 3 unspecified atom stereocenters. The molecule has 0 aromatic rings. The van der Waals surface area contributed by atoms with Crippen molar-refractivity contribution in [1.82, 2.24) is 4.90 Å². The average molecular weight is 371 g/mol. The Morgan fingerprint density at radius 3 is 2.38 bits per heavy atom. The first-order chi connectivity index (χ1) is 12.4. The molecule has 0 aromatic heterocycles. The molecule has 2 aliphatic rings. The Bertz CT molecular complexity index is 496. The lowest BCUT2D eigenvalue weighted by atomic mass is 9.97. The van der Waals surface area contributed by atoms with Crippen LogP contribution < -0.4 is 0 Å². The number of hydrogen-bond donors (Lipinski definition) is 0. The minimum atomic E-state index is -0.883. The second-order valence-electron chi connectivity index (χ2n) is 6.81. The molecule has 8 nitrogen and oxygen atoms in total. The molecule has 0 radical (unpaired) electrons. The van der Waals surface area contributed by atoms with Crippen molar-refractivity contribution >= 4 is 17.8 Å². The first-order valence-corrected chi connectivity index (χ1v) is 9.22. The Hall–Kier alpha value is -1.67. The van der Waals surface area contributed by atoms with Gasteiger partial charge in [0.2, 0.25) is 0 Å². The van der Waals surface area contributed by atoms with E-state index in [2.05, 4.69) is 0 Å². The molecule has 0 bridgehead atoms. The van der Waals surface area contributed by atoms with Crippen molar-refractivity contribution in [1.29, 1.82) is 0 Å². The lowest BCUT2D eigenvalue weighted by Gasteiger charge is -2.32. The summed E-state index contributed by atoms with van der Waals surface area (Å²) in [6.45, 7) is 5.14. The lowest BCUT2D eigenvalue weighted by Crippen LogP contribution is -2.46. The zero-order valence-corrected chi connectivity index (χ0v) is 15.8. The fraction of sp³-hybridized carbons (Fsp3) is 0.833. The van der Waals surface area contributed by atoms with Crippen LogP contribution in [0.4, 0.5) is 0 Å². The molecular weight excluding hydrogens is 342 g/mol. The molecule has 26 heavy (non-hydrogen) atoms. The van der Waals surface area contributed by atoms with Crippen LogP contribution in [0.2, 0.25) is 0 Å². The van der Waals surface area contributed by atoms with Crippen molar-refractivity contribution < 1.29 is 33.3 Å². The number of piperidine rings is 1. The van der Waals surface area contributed by atoms with E-state index in [0.717, 1.165) is 19.4 Å². The Morgan fingerprint density at radius 1 is 1.12 bits per heavy atom. The SMILES string of the molecule is COC(=O)C1CCN(C(=O)C(C)OC(=O)C(C)OCC2CCCO2)CC1. The van der Waals surface area contributed by atoms with Gasteiger partial charge in [0.15, 0.2) is 12.2 Å². The van der Waals surface area contributed by atoms with Gasteiger partial charge in [-0.2, -0.15) is 0 Å². The minimum Gasteiger partial charge on any atom is -0.469 e. The summed E-state index contributed by atoms with van der Waals surface area (Å²) in [4.78, 5) is 37.7. The number of likely N-dealkylation sites (tertiary alicyclic amines) is 1. The second-order valence-corrected chi connectivity index (χ2v) is 6.81. The molecule has 2 aliphatic heterocycles. The minimum absolute atomic E-state index is 0.0282. The van der Waals surface area contributed by atoms with Crippen LogP contribution in [0.5, 0.6) is 0 Å². The maximum atomic E-state index is 12.4. The average Bonchev–Trinajstić information content (AvgIpc) is 3.18. The van der Waals surface area contributed by atoms with Crippen molar-refractivity contribution in [3.05, 3.63) is 0 Å². The third kappa shape index (κ3) is 5.67. The van der Waals surface area contributed by atoms with Gasteiger partial charge in [0.05, 0.1) is 25.7 Å². The quantitative estimate of drug-likeness (QED) is 0.614. The summed E-state index contributed by atoms with van der Waals surface area (Å²) in [5, 5.41) is 0. The number of methoxy groups -OCH3 is 1. The van der Waals surface area contributed by atoms with Gasteiger partial charge >= 0.3 is 11.9 Å². The Labute approximate surface area is 154 Å². The molecule has 148 valence electrons. The van der Waals surface area contributed by atoms with Crippen LogP contribution in [0.1, 0.15) is 39.5 Å². The van der Waals surface area contributed by atoms with Gasteiger partial charge in [-0.25, -0.2) is 4.79 Å². The van der Waals surface area contributed by atoms with Crippen LogP contribution in [0, 0.1) is 5.92 Å². The molecular formula is C18H29NO7. The van der Waals surface area contributed by atoms with E-state index in [-0.39, 0.29) is 23.9 Å². The van der Waals surface area contributed by atoms with Crippen LogP contribution in [-0.4, -0.2) is 74.5 Å². The molecule has 0 N–H and O–H groups in total. The Morgan fingerprint density at radius 2 is 1.81 bits per heavy atom. The normalized spacial score (nSPS) is 23.3. The van der Waals surface area contributed by atoms with E-state index in [1.54, 1.807) is 18.7 Å². The summed E-state index contributed by atoms with van der Waals surface area (Å²) in [5.74, 6) is -1.23. The van der Waals surface area contributed by atoms with Gasteiger partial charge in [0, 0.05) is 19.7 Å². The summed E-state index contributed by atoms with van der Waals surface area (Å²) in [6.07, 6.45) is 1.44. The zero-order chi connectivity index (χ0) is 19.1. The summed E-state index contributed by atoms with van der Waals surface area (Å²) in [7, 11) is 1.36. The van der Waals surface area contributed by atoms with Gasteiger partial charge in [0.1, 0.15) is 0 Å². The lowest BCUT2D eigenvalue weighted by molar-refractivity contribution is -0.169. The van der Waals surface area contributed by atoms with Crippen molar-refractivity contribution in [3.63, 3.8) is 0 Å². The molecule has 2 heterocycles. The van der Waals surface area contributed by atoms with Crippen molar-refractivity contribution in [2.45, 2.75) is 57.8 Å². The predicted molar refractivity (Wildman–Crippen MR) is 91.3 cm³/mol. The summed E-state index contributed by atoms with van der Waals surface area (Å²) >= 11 is 0. The highest BCUT2D eigenvalue weighted by Gasteiger charge is 2.32. The van der Waals surface area contributed by atoms with Gasteiger partial charge < -0.3 is 23.8 Å². The monoisotopic (exact) mass is 371 g/mol. The number of nitrogens with zero attached hydrogens (tertiary/aromatic N) is 1. The Balaban J connectivity index is 1.72. The van der Waals surface area contributed by atoms with E-state index in [1.165, 1.54) is 7.11 Å². The van der Waals surface area contributed by atoms with Crippen molar-refractivity contribution in [2.75, 3.05) is 33.4 Å². The molecule has 8 heteroatoms. The van der Waals surface area contributed by atoms with E-state index >= 15 is 0 Å². The molecule has 1 amide bonds. The van der Waals surface area contributed by atoms with E-state index in [4.69, 9.17) is 18.9 Å². The summed E-state index contributed by atoms with van der Waals surface area (Å²) < 4.78 is 20.9. The number of carbonyl (C=O) groups excluding carboxylic acids is 3. The molecule has 0 aromatic carbocycles. The van der Waals surface area contributed by atoms with E-state index < -0.39 is 18.2 Å². The Kier molecular flexibility index (Phi) is 7.84. The van der Waals surface area contributed by atoms with Crippen LogP contribution in [0.15, 0.2) is 0 Å². The van der Waals surface area contributed by atoms with Crippen molar-refractivity contribution in [3.8, 4) is 0 Å². The van der Waals surface area contributed by atoms with Gasteiger partial charge in [-0.1, -0.05) is 0 Å². The second kappa shape index (κ2) is 9.87. The van der Waals surface area contributed by atoms with Gasteiger partial charge in [0.25, 0.3) is 5.91 Å². The van der Waals surface area contributed by atoms with Gasteiger partial charge in [-0.15, -0.1) is 0 Å². The summed E-state index contributed by atoms with van der Waals surface area (Å²) in [6, 6.07) is 0. The standard InChI is InChI=1S/C18H29NO7/c1-12(16(20)19-8-6-14(7-9-19)18(22)23-3)26-17(21)13(2)25-11-15-5-4-10-24-15/h12-15H,4-11H2,1-3H3. The number of amides is 1. The van der Waals surface area contributed by atoms with Crippen molar-refractivity contribution in [2.24, 2.45) is 5.92 Å². The number of ether oxygens (including phenoxy) is 4. The molecule has 2 rings (SSSR count). The molecule has 0 saturated carbocycles. The third-order valence-corrected chi connectivity index (χ3v) is 4.87. The third-order valence-electron chi connectivity index (χ3n) is 4.87. The number of hydrogen-bond acceptors (Lipinski definition) is 7. The largest absolute Gasteiger partial charge is 0.469 e. The zero-order valence-electron chi connectivity index (χ0n) is 15.8. The smallest absolute Gasteiger partial charge is 0.335 e. The predicted octanol–water partition coefficient (Wildman–Crippen LogP) is 0.914. The molecule has 2 saturated heterocycles. The highest BCUT2D eigenvalue weighted by Crippen LogP contribution is 2.19. The fourth-order valence-electron chi connectivity index (χ4n) is 3.18. The molecule has 3 atom stereocenters.